The Morgan fingerprint density at radius 3 is 2.38 bits per heavy atom. The summed E-state index contributed by atoms with van der Waals surface area (Å²) in [6.07, 6.45) is -2.14. The van der Waals surface area contributed by atoms with Crippen molar-refractivity contribution >= 4 is 0 Å². The lowest BCUT2D eigenvalue weighted by Crippen LogP contribution is -2.29. The van der Waals surface area contributed by atoms with Crippen molar-refractivity contribution in [3.8, 4) is 11.5 Å². The van der Waals surface area contributed by atoms with E-state index in [0.29, 0.717) is 17.7 Å². The van der Waals surface area contributed by atoms with E-state index in [2.05, 4.69) is 0 Å². The average molecular weight is 299 g/mol. The Labute approximate surface area is 119 Å². The van der Waals surface area contributed by atoms with Crippen LogP contribution in [-0.4, -0.2) is 11.8 Å². The normalized spacial score (nSPS) is 11.4. The molecule has 1 heterocycles. The summed E-state index contributed by atoms with van der Waals surface area (Å²) in [7, 11) is 0. The van der Waals surface area contributed by atoms with E-state index in [1.165, 1.54) is 0 Å². The van der Waals surface area contributed by atoms with Crippen LogP contribution in [-0.2, 0) is 12.6 Å². The molecule has 21 heavy (non-hydrogen) atoms. The molecule has 3 N–H and O–H groups in total. The lowest BCUT2D eigenvalue weighted by molar-refractivity contribution is -0.905. The van der Waals surface area contributed by atoms with Crippen molar-refractivity contribution in [2.24, 2.45) is 5.73 Å². The first kappa shape index (κ1) is 15.1. The molecule has 0 aliphatic carbocycles. The number of aromatic nitrogens is 1. The molecule has 1 aromatic heterocycles. The molecule has 7 heteroatoms. The molecule has 0 amide bonds. The zero-order valence-corrected chi connectivity index (χ0v) is 11.0. The Bertz CT molecular complexity index is 613. The molecule has 0 spiro atoms. The van der Waals surface area contributed by atoms with Gasteiger partial charge in [-0.05, 0) is 30.7 Å². The number of hydrogen-bond donors (Lipinski definition) is 2. The van der Waals surface area contributed by atoms with E-state index in [-0.39, 0.29) is 5.75 Å². The molecule has 2 rings (SSSR count). The standard InChI is InChI=1S/C14H14F3N2O2/c15-14(16,17)12-6-8-19(20)9-13(12)21-11-3-1-10(2-4-11)5-7-18/h1-4,6,8-9,20H,5,7,18H2/q+1. The first-order valence-electron chi connectivity index (χ1n) is 6.19. The van der Waals surface area contributed by atoms with E-state index in [9.17, 15) is 18.4 Å². The van der Waals surface area contributed by atoms with Crippen LogP contribution in [0.4, 0.5) is 13.2 Å². The van der Waals surface area contributed by atoms with E-state index in [4.69, 9.17) is 10.5 Å². The van der Waals surface area contributed by atoms with E-state index in [0.717, 1.165) is 24.0 Å². The third-order valence-electron chi connectivity index (χ3n) is 2.80. The van der Waals surface area contributed by atoms with Crippen LogP contribution in [0.15, 0.2) is 42.7 Å². The Balaban J connectivity index is 2.28. The summed E-state index contributed by atoms with van der Waals surface area (Å²) in [6.45, 7) is 0.488. The number of halogens is 3. The number of rotatable bonds is 4. The molecule has 0 aliphatic rings. The molecular weight excluding hydrogens is 285 g/mol. The van der Waals surface area contributed by atoms with Crippen LogP contribution in [0.2, 0.25) is 0 Å². The highest BCUT2D eigenvalue weighted by atomic mass is 19.4. The summed E-state index contributed by atoms with van der Waals surface area (Å²) in [6, 6.07) is 7.31. The van der Waals surface area contributed by atoms with Crippen LogP contribution in [0.5, 0.6) is 11.5 Å². The van der Waals surface area contributed by atoms with Crippen LogP contribution < -0.4 is 15.2 Å². The summed E-state index contributed by atoms with van der Waals surface area (Å²) in [5.41, 5.74) is 5.42. The van der Waals surface area contributed by atoms with Crippen molar-refractivity contribution in [1.29, 1.82) is 0 Å². The van der Waals surface area contributed by atoms with Gasteiger partial charge in [0.25, 0.3) is 6.20 Å². The van der Waals surface area contributed by atoms with Gasteiger partial charge in [0.15, 0.2) is 0 Å². The fourth-order valence-corrected chi connectivity index (χ4v) is 1.80. The number of benzene rings is 1. The number of nitrogens with two attached hydrogens (primary N) is 1. The van der Waals surface area contributed by atoms with Gasteiger partial charge in [-0.25, -0.2) is 0 Å². The molecule has 2 aromatic rings. The highest BCUT2D eigenvalue weighted by molar-refractivity contribution is 5.37. The summed E-state index contributed by atoms with van der Waals surface area (Å²) < 4.78 is 44.3. The van der Waals surface area contributed by atoms with Gasteiger partial charge in [-0.3, -0.25) is 5.21 Å². The molecule has 0 saturated heterocycles. The van der Waals surface area contributed by atoms with Gasteiger partial charge in [0.2, 0.25) is 11.9 Å². The number of pyridine rings is 1. The Morgan fingerprint density at radius 1 is 1.14 bits per heavy atom. The molecule has 0 aliphatic heterocycles. The van der Waals surface area contributed by atoms with Crippen molar-refractivity contribution in [2.45, 2.75) is 12.6 Å². The minimum Gasteiger partial charge on any atom is -0.450 e. The molecule has 0 unspecified atom stereocenters. The van der Waals surface area contributed by atoms with Crippen LogP contribution in [0, 0.1) is 0 Å². The van der Waals surface area contributed by atoms with Crippen LogP contribution in [0.3, 0.4) is 0 Å². The highest BCUT2D eigenvalue weighted by Gasteiger charge is 2.36. The summed E-state index contributed by atoms with van der Waals surface area (Å²) in [5.74, 6) is -0.230. The van der Waals surface area contributed by atoms with Crippen LogP contribution >= 0.6 is 0 Å². The molecule has 1 aromatic carbocycles. The predicted octanol–water partition coefficient (Wildman–Crippen LogP) is 2.52. The predicted molar refractivity (Wildman–Crippen MR) is 68.1 cm³/mol. The second-order valence-electron chi connectivity index (χ2n) is 4.39. The monoisotopic (exact) mass is 299 g/mol. The number of alkyl halides is 3. The molecule has 4 nitrogen and oxygen atoms in total. The van der Waals surface area contributed by atoms with E-state index < -0.39 is 17.5 Å². The van der Waals surface area contributed by atoms with Gasteiger partial charge in [-0.1, -0.05) is 12.1 Å². The fraction of sp³-hybridized carbons (Fsp3) is 0.214. The average Bonchev–Trinajstić information content (AvgIpc) is 2.40. The van der Waals surface area contributed by atoms with Gasteiger partial charge in [-0.15, -0.1) is 0 Å². The molecule has 0 radical (unpaired) electrons. The third kappa shape index (κ3) is 3.85. The molecule has 0 saturated carbocycles. The molecule has 0 bridgehead atoms. The quantitative estimate of drug-likeness (QED) is 0.673. The minimum atomic E-state index is -4.57. The lowest BCUT2D eigenvalue weighted by Gasteiger charge is -2.11. The van der Waals surface area contributed by atoms with E-state index in [1.807, 2.05) is 0 Å². The summed E-state index contributed by atoms with van der Waals surface area (Å²) in [4.78, 5) is 0. The number of hydrogen-bond acceptors (Lipinski definition) is 3. The second kappa shape index (κ2) is 6.01. The lowest BCUT2D eigenvalue weighted by atomic mass is 10.1. The Hall–Kier alpha value is -2.28. The minimum absolute atomic E-state index is 0.243. The van der Waals surface area contributed by atoms with Crippen molar-refractivity contribution in [3.05, 3.63) is 53.9 Å². The summed E-state index contributed by atoms with van der Waals surface area (Å²) >= 11 is 0. The molecular formula is C14H14F3N2O2+. The summed E-state index contributed by atoms with van der Waals surface area (Å²) in [5, 5.41) is 9.25. The first-order chi connectivity index (χ1) is 9.90. The fourth-order valence-electron chi connectivity index (χ4n) is 1.80. The third-order valence-corrected chi connectivity index (χ3v) is 2.80. The Morgan fingerprint density at radius 2 is 1.81 bits per heavy atom. The maximum Gasteiger partial charge on any atom is 0.420 e. The maximum atomic E-state index is 12.9. The van der Waals surface area contributed by atoms with E-state index in [1.54, 1.807) is 24.3 Å². The Kier molecular flexibility index (Phi) is 4.32. The maximum absolute atomic E-state index is 12.9. The smallest absolute Gasteiger partial charge is 0.420 e. The van der Waals surface area contributed by atoms with Gasteiger partial charge >= 0.3 is 6.18 Å². The van der Waals surface area contributed by atoms with Gasteiger partial charge in [0.1, 0.15) is 11.3 Å². The SMILES string of the molecule is NCCc1ccc(Oc2c[n+](O)ccc2C(F)(F)F)cc1. The molecule has 0 atom stereocenters. The first-order valence-corrected chi connectivity index (χ1v) is 6.19. The highest BCUT2D eigenvalue weighted by Crippen LogP contribution is 2.37. The molecule has 0 fully saturated rings. The number of ether oxygens (including phenoxy) is 1. The largest absolute Gasteiger partial charge is 0.450 e. The number of nitrogens with zero attached hydrogens (tertiary/aromatic N) is 1. The van der Waals surface area contributed by atoms with Gasteiger partial charge in [-0.2, -0.15) is 13.2 Å². The zero-order valence-electron chi connectivity index (χ0n) is 11.0. The van der Waals surface area contributed by atoms with Crippen molar-refractivity contribution in [3.63, 3.8) is 0 Å². The van der Waals surface area contributed by atoms with Crippen molar-refractivity contribution in [2.75, 3.05) is 6.54 Å². The second-order valence-corrected chi connectivity index (χ2v) is 4.39. The molecule has 112 valence electrons. The van der Waals surface area contributed by atoms with Crippen molar-refractivity contribution in [1.82, 2.24) is 0 Å². The van der Waals surface area contributed by atoms with Gasteiger partial charge in [0.05, 0.1) is 0 Å². The van der Waals surface area contributed by atoms with Crippen molar-refractivity contribution < 1.29 is 27.8 Å². The van der Waals surface area contributed by atoms with Gasteiger partial charge in [0, 0.05) is 10.8 Å². The topological polar surface area (TPSA) is 59.4 Å². The van der Waals surface area contributed by atoms with E-state index >= 15 is 0 Å². The van der Waals surface area contributed by atoms with Crippen LogP contribution in [0.25, 0.3) is 0 Å². The zero-order chi connectivity index (χ0) is 15.5. The van der Waals surface area contributed by atoms with Gasteiger partial charge < -0.3 is 10.5 Å². The van der Waals surface area contributed by atoms with Crippen LogP contribution in [0.1, 0.15) is 11.1 Å².